The van der Waals surface area contributed by atoms with Crippen molar-refractivity contribution < 1.29 is 4.39 Å². The van der Waals surface area contributed by atoms with Crippen molar-refractivity contribution in [2.45, 2.75) is 32.9 Å². The van der Waals surface area contributed by atoms with Crippen LogP contribution in [0.25, 0.3) is 0 Å². The highest BCUT2D eigenvalue weighted by atomic mass is 19.1. The van der Waals surface area contributed by atoms with E-state index < -0.39 is 0 Å². The molecule has 0 amide bonds. The summed E-state index contributed by atoms with van der Waals surface area (Å²) in [6, 6.07) is 4.63. The summed E-state index contributed by atoms with van der Waals surface area (Å²) in [5, 5.41) is 3.25. The molecule has 0 fully saturated rings. The van der Waals surface area contributed by atoms with Crippen molar-refractivity contribution in [2.75, 3.05) is 5.32 Å². The number of nitrogens with zero attached hydrogens (tertiary/aromatic N) is 2. The van der Waals surface area contributed by atoms with Crippen LogP contribution >= 0.6 is 0 Å². The van der Waals surface area contributed by atoms with Crippen molar-refractivity contribution >= 4 is 5.69 Å². The highest BCUT2D eigenvalue weighted by Crippen LogP contribution is 2.18. The Morgan fingerprint density at radius 2 is 2.20 bits per heavy atom. The van der Waals surface area contributed by atoms with Crippen LogP contribution in [0.1, 0.15) is 31.9 Å². The van der Waals surface area contributed by atoms with E-state index in [1.165, 1.54) is 18.3 Å². The molecule has 0 aliphatic heterocycles. The van der Waals surface area contributed by atoms with Crippen molar-refractivity contribution in [3.63, 3.8) is 0 Å². The summed E-state index contributed by atoms with van der Waals surface area (Å²) >= 11 is 0. The summed E-state index contributed by atoms with van der Waals surface area (Å²) in [6.45, 7) is 4.63. The van der Waals surface area contributed by atoms with Crippen LogP contribution < -0.4 is 10.9 Å². The number of halogens is 1. The Bertz CT molecular complexity index is 639. The smallest absolute Gasteiger partial charge is 0.250 e. The zero-order valence-corrected chi connectivity index (χ0v) is 11.6. The molecule has 1 unspecified atom stereocenters. The third-order valence-corrected chi connectivity index (χ3v) is 3.06. The van der Waals surface area contributed by atoms with Crippen LogP contribution in [-0.2, 0) is 6.54 Å². The maximum Gasteiger partial charge on any atom is 0.250 e. The van der Waals surface area contributed by atoms with Gasteiger partial charge in [0, 0.05) is 25.0 Å². The third kappa shape index (κ3) is 3.44. The molecule has 2 heterocycles. The maximum atomic E-state index is 13.1. The molecule has 2 rings (SSSR count). The van der Waals surface area contributed by atoms with Gasteiger partial charge in [-0.3, -0.25) is 9.78 Å². The van der Waals surface area contributed by atoms with Gasteiger partial charge in [0.05, 0.1) is 17.9 Å². The first-order valence-corrected chi connectivity index (χ1v) is 6.67. The van der Waals surface area contributed by atoms with Gasteiger partial charge in [0.2, 0.25) is 0 Å². The lowest BCUT2D eigenvalue weighted by molar-refractivity contribution is 0.616. The van der Waals surface area contributed by atoms with Crippen molar-refractivity contribution in [1.29, 1.82) is 0 Å². The highest BCUT2D eigenvalue weighted by Gasteiger charge is 2.07. The fourth-order valence-electron chi connectivity index (χ4n) is 2.03. The lowest BCUT2D eigenvalue weighted by atomic mass is 10.1. The predicted molar refractivity (Wildman–Crippen MR) is 77.2 cm³/mol. The van der Waals surface area contributed by atoms with E-state index in [0.29, 0.717) is 6.54 Å². The summed E-state index contributed by atoms with van der Waals surface area (Å²) in [5.41, 5.74) is 1.57. The van der Waals surface area contributed by atoms with Crippen molar-refractivity contribution in [3.05, 3.63) is 58.5 Å². The number of pyridine rings is 2. The summed E-state index contributed by atoms with van der Waals surface area (Å²) in [4.78, 5) is 15.5. The second kappa shape index (κ2) is 6.32. The molecule has 0 spiro atoms. The van der Waals surface area contributed by atoms with Gasteiger partial charge in [-0.2, -0.15) is 0 Å². The number of nitrogens with one attached hydrogen (secondary N) is 1. The molecule has 5 heteroatoms. The molecule has 0 aliphatic rings. The largest absolute Gasteiger partial charge is 0.377 e. The number of aromatic nitrogens is 2. The van der Waals surface area contributed by atoms with Gasteiger partial charge < -0.3 is 9.88 Å². The molecule has 0 aromatic carbocycles. The van der Waals surface area contributed by atoms with Gasteiger partial charge in [-0.25, -0.2) is 4.39 Å². The third-order valence-electron chi connectivity index (χ3n) is 3.06. The van der Waals surface area contributed by atoms with Crippen LogP contribution in [0.4, 0.5) is 10.1 Å². The Hall–Kier alpha value is -2.17. The van der Waals surface area contributed by atoms with E-state index in [4.69, 9.17) is 0 Å². The number of aryl methyl sites for hydroxylation is 1. The Morgan fingerprint density at radius 3 is 2.90 bits per heavy atom. The van der Waals surface area contributed by atoms with Crippen LogP contribution in [0.5, 0.6) is 0 Å². The van der Waals surface area contributed by atoms with Gasteiger partial charge in [0.1, 0.15) is 5.82 Å². The molecule has 4 nitrogen and oxygen atoms in total. The van der Waals surface area contributed by atoms with Crippen molar-refractivity contribution in [2.24, 2.45) is 0 Å². The first-order chi connectivity index (χ1) is 9.60. The van der Waals surface area contributed by atoms with E-state index in [0.717, 1.165) is 17.7 Å². The van der Waals surface area contributed by atoms with Crippen LogP contribution in [0, 0.1) is 5.82 Å². The minimum atomic E-state index is -0.355. The van der Waals surface area contributed by atoms with E-state index >= 15 is 0 Å². The Balaban J connectivity index is 2.17. The van der Waals surface area contributed by atoms with E-state index in [1.807, 2.05) is 13.8 Å². The second-order valence-corrected chi connectivity index (χ2v) is 4.75. The fraction of sp³-hybridized carbons (Fsp3) is 0.333. The van der Waals surface area contributed by atoms with E-state index in [1.54, 1.807) is 23.0 Å². The molecule has 0 radical (unpaired) electrons. The number of anilines is 1. The highest BCUT2D eigenvalue weighted by molar-refractivity contribution is 5.42. The zero-order chi connectivity index (χ0) is 14.5. The predicted octanol–water partition coefficient (Wildman–Crippen LogP) is 2.97. The molecule has 0 saturated carbocycles. The molecule has 2 aromatic heterocycles. The number of hydrogen-bond donors (Lipinski definition) is 1. The molecule has 106 valence electrons. The monoisotopic (exact) mass is 275 g/mol. The van der Waals surface area contributed by atoms with Crippen LogP contribution in [0.15, 0.2) is 41.6 Å². The summed E-state index contributed by atoms with van der Waals surface area (Å²) in [5.74, 6) is -0.355. The Labute approximate surface area is 117 Å². The molecule has 0 aliphatic carbocycles. The minimum absolute atomic E-state index is 0.0162. The minimum Gasteiger partial charge on any atom is -0.377 e. The van der Waals surface area contributed by atoms with Gasteiger partial charge >= 0.3 is 0 Å². The molecule has 20 heavy (non-hydrogen) atoms. The average Bonchev–Trinajstić information content (AvgIpc) is 2.43. The van der Waals surface area contributed by atoms with E-state index in [9.17, 15) is 9.18 Å². The van der Waals surface area contributed by atoms with Gasteiger partial charge in [-0.05, 0) is 31.0 Å². The SMILES string of the molecule is CCCn1cc(NC(C)c2cncc(F)c2)ccc1=O. The lowest BCUT2D eigenvalue weighted by Gasteiger charge is -2.16. The molecule has 0 saturated heterocycles. The maximum absolute atomic E-state index is 13.1. The Morgan fingerprint density at radius 1 is 1.40 bits per heavy atom. The van der Waals surface area contributed by atoms with E-state index in [2.05, 4.69) is 10.3 Å². The lowest BCUT2D eigenvalue weighted by Crippen LogP contribution is -2.19. The molecule has 1 N–H and O–H groups in total. The van der Waals surface area contributed by atoms with Gasteiger partial charge in [-0.1, -0.05) is 6.92 Å². The molecule has 2 aromatic rings. The topological polar surface area (TPSA) is 46.9 Å². The van der Waals surface area contributed by atoms with Gasteiger partial charge in [0.15, 0.2) is 0 Å². The quantitative estimate of drug-likeness (QED) is 0.912. The zero-order valence-electron chi connectivity index (χ0n) is 11.6. The molecular formula is C15H18FN3O. The Kier molecular flexibility index (Phi) is 4.50. The van der Waals surface area contributed by atoms with Crippen molar-refractivity contribution in [3.8, 4) is 0 Å². The fourth-order valence-corrected chi connectivity index (χ4v) is 2.03. The number of rotatable bonds is 5. The standard InChI is InChI=1S/C15H18FN3O/c1-3-6-19-10-14(4-5-15(19)20)18-11(2)12-7-13(16)9-17-8-12/h4-5,7-11,18H,3,6H2,1-2H3. The average molecular weight is 275 g/mol. The summed E-state index contributed by atoms with van der Waals surface area (Å²) in [6.07, 6.45) is 5.49. The molecule has 1 atom stereocenters. The number of hydrogen-bond acceptors (Lipinski definition) is 3. The van der Waals surface area contributed by atoms with Crippen LogP contribution in [0.3, 0.4) is 0 Å². The summed E-state index contributed by atoms with van der Waals surface area (Å²) < 4.78 is 14.8. The molecule has 0 bridgehead atoms. The first-order valence-electron chi connectivity index (χ1n) is 6.67. The van der Waals surface area contributed by atoms with Crippen molar-refractivity contribution in [1.82, 2.24) is 9.55 Å². The normalized spacial score (nSPS) is 12.2. The van der Waals surface area contributed by atoms with Crippen LogP contribution in [0.2, 0.25) is 0 Å². The molecular weight excluding hydrogens is 257 g/mol. The second-order valence-electron chi connectivity index (χ2n) is 4.75. The summed E-state index contributed by atoms with van der Waals surface area (Å²) in [7, 11) is 0. The van der Waals surface area contributed by atoms with E-state index in [-0.39, 0.29) is 17.4 Å². The van der Waals surface area contributed by atoms with Crippen LogP contribution in [-0.4, -0.2) is 9.55 Å². The first kappa shape index (κ1) is 14.2. The van der Waals surface area contributed by atoms with Gasteiger partial charge in [-0.15, -0.1) is 0 Å². The van der Waals surface area contributed by atoms with Gasteiger partial charge in [0.25, 0.3) is 5.56 Å².